The van der Waals surface area contributed by atoms with Crippen molar-refractivity contribution in [1.29, 1.82) is 5.26 Å². The van der Waals surface area contributed by atoms with Gasteiger partial charge in [-0.2, -0.15) is 5.26 Å². The smallest absolute Gasteiger partial charge is 0.208 e. The first-order valence-corrected chi connectivity index (χ1v) is 10.4. The molecule has 0 saturated carbocycles. The molecule has 1 aliphatic heterocycles. The summed E-state index contributed by atoms with van der Waals surface area (Å²) in [5.74, 6) is 0.790. The molecule has 0 atom stereocenters. The molecule has 0 amide bonds. The normalized spacial score (nSPS) is 16.3. The van der Waals surface area contributed by atoms with E-state index in [0.717, 1.165) is 44.9 Å². The number of hydrogen-bond acceptors (Lipinski definition) is 5. The van der Waals surface area contributed by atoms with E-state index in [0.29, 0.717) is 18.7 Å². The van der Waals surface area contributed by atoms with Crippen molar-refractivity contribution in [2.45, 2.75) is 6.54 Å². The standard InChI is InChI=1S/C17H26N6O2S/c1-19-17(20-7-8-21-26(2,24)25)23-11-9-22(10-12-23)14-16-5-3-15(13-18)4-6-16/h3-6,21H,7-12,14H2,1-2H3,(H,19,20). The lowest BCUT2D eigenvalue weighted by Crippen LogP contribution is -2.52. The quantitative estimate of drug-likeness (QED) is 0.404. The largest absolute Gasteiger partial charge is 0.355 e. The molecule has 1 aliphatic rings. The van der Waals surface area contributed by atoms with Crippen LogP contribution in [0, 0.1) is 11.3 Å². The highest BCUT2D eigenvalue weighted by Crippen LogP contribution is 2.10. The van der Waals surface area contributed by atoms with Gasteiger partial charge in [-0.15, -0.1) is 0 Å². The molecule has 1 aromatic rings. The summed E-state index contributed by atoms with van der Waals surface area (Å²) in [7, 11) is -1.43. The van der Waals surface area contributed by atoms with Crippen LogP contribution < -0.4 is 10.0 Å². The van der Waals surface area contributed by atoms with Gasteiger partial charge in [-0.25, -0.2) is 13.1 Å². The minimum Gasteiger partial charge on any atom is -0.355 e. The number of nitrogens with one attached hydrogen (secondary N) is 2. The van der Waals surface area contributed by atoms with Crippen molar-refractivity contribution in [3.05, 3.63) is 35.4 Å². The molecule has 2 rings (SSSR count). The zero-order valence-corrected chi connectivity index (χ0v) is 16.1. The van der Waals surface area contributed by atoms with E-state index in [1.54, 1.807) is 7.05 Å². The minimum absolute atomic E-state index is 0.330. The van der Waals surface area contributed by atoms with Crippen LogP contribution in [0.2, 0.25) is 0 Å². The van der Waals surface area contributed by atoms with Crippen molar-refractivity contribution < 1.29 is 8.42 Å². The Morgan fingerprint density at radius 3 is 2.38 bits per heavy atom. The summed E-state index contributed by atoms with van der Waals surface area (Å²) in [6.07, 6.45) is 1.15. The van der Waals surface area contributed by atoms with Crippen molar-refractivity contribution in [2.24, 2.45) is 4.99 Å². The molecule has 142 valence electrons. The predicted molar refractivity (Wildman–Crippen MR) is 102 cm³/mol. The van der Waals surface area contributed by atoms with Gasteiger partial charge in [0.2, 0.25) is 10.0 Å². The highest BCUT2D eigenvalue weighted by Gasteiger charge is 2.19. The topological polar surface area (TPSA) is 101 Å². The maximum absolute atomic E-state index is 11.1. The summed E-state index contributed by atoms with van der Waals surface area (Å²) in [5, 5.41) is 12.0. The SMILES string of the molecule is CN=C(NCCNS(C)(=O)=O)N1CCN(Cc2ccc(C#N)cc2)CC1. The number of hydrogen-bond donors (Lipinski definition) is 2. The fraction of sp³-hybridized carbons (Fsp3) is 0.529. The van der Waals surface area contributed by atoms with Gasteiger partial charge in [-0.1, -0.05) is 12.1 Å². The lowest BCUT2D eigenvalue weighted by atomic mass is 10.1. The second-order valence-electron chi connectivity index (χ2n) is 6.21. The molecule has 8 nitrogen and oxygen atoms in total. The average molecular weight is 379 g/mol. The highest BCUT2D eigenvalue weighted by molar-refractivity contribution is 7.88. The van der Waals surface area contributed by atoms with E-state index < -0.39 is 10.0 Å². The van der Waals surface area contributed by atoms with E-state index in [9.17, 15) is 8.42 Å². The van der Waals surface area contributed by atoms with Gasteiger partial charge in [-0.05, 0) is 17.7 Å². The van der Waals surface area contributed by atoms with Crippen LogP contribution in [0.3, 0.4) is 0 Å². The van der Waals surface area contributed by atoms with Crippen LogP contribution >= 0.6 is 0 Å². The molecule has 1 aromatic carbocycles. The van der Waals surface area contributed by atoms with Crippen molar-refractivity contribution in [3.63, 3.8) is 0 Å². The van der Waals surface area contributed by atoms with Gasteiger partial charge in [0.05, 0.1) is 17.9 Å². The summed E-state index contributed by atoms with van der Waals surface area (Å²) < 4.78 is 24.6. The molecule has 0 aromatic heterocycles. The molecule has 0 unspecified atom stereocenters. The Bertz CT molecular complexity index is 746. The van der Waals surface area contributed by atoms with Gasteiger partial charge in [-0.3, -0.25) is 9.89 Å². The first-order chi connectivity index (χ1) is 12.4. The second kappa shape index (κ2) is 9.52. The first-order valence-electron chi connectivity index (χ1n) is 8.53. The van der Waals surface area contributed by atoms with Gasteiger partial charge < -0.3 is 10.2 Å². The van der Waals surface area contributed by atoms with Crippen LogP contribution in [-0.4, -0.2) is 76.7 Å². The Labute approximate surface area is 155 Å². The monoisotopic (exact) mass is 378 g/mol. The van der Waals surface area contributed by atoms with E-state index in [1.807, 2.05) is 24.3 Å². The van der Waals surface area contributed by atoms with Gasteiger partial charge >= 0.3 is 0 Å². The highest BCUT2D eigenvalue weighted by atomic mass is 32.2. The molecule has 0 spiro atoms. The molecular weight excluding hydrogens is 352 g/mol. The molecule has 26 heavy (non-hydrogen) atoms. The predicted octanol–water partition coefficient (Wildman–Crippen LogP) is -0.200. The number of nitrogens with zero attached hydrogens (tertiary/aromatic N) is 4. The average Bonchev–Trinajstić information content (AvgIpc) is 2.62. The van der Waals surface area contributed by atoms with Crippen LogP contribution in [0.25, 0.3) is 0 Å². The maximum Gasteiger partial charge on any atom is 0.208 e. The van der Waals surface area contributed by atoms with Crippen molar-refractivity contribution >= 4 is 16.0 Å². The van der Waals surface area contributed by atoms with Crippen molar-refractivity contribution in [1.82, 2.24) is 19.8 Å². The summed E-state index contributed by atoms with van der Waals surface area (Å²) in [6, 6.07) is 9.83. The van der Waals surface area contributed by atoms with E-state index in [4.69, 9.17) is 5.26 Å². The maximum atomic E-state index is 11.1. The molecule has 0 radical (unpaired) electrons. The van der Waals surface area contributed by atoms with Gasteiger partial charge in [0.25, 0.3) is 0 Å². The summed E-state index contributed by atoms with van der Waals surface area (Å²) >= 11 is 0. The zero-order chi connectivity index (χ0) is 19.0. The molecule has 0 aliphatic carbocycles. The Kier molecular flexibility index (Phi) is 7.38. The summed E-state index contributed by atoms with van der Waals surface area (Å²) in [5.41, 5.74) is 1.88. The molecule has 1 fully saturated rings. The van der Waals surface area contributed by atoms with Crippen LogP contribution in [0.15, 0.2) is 29.3 Å². The van der Waals surface area contributed by atoms with E-state index in [-0.39, 0.29) is 0 Å². The molecule has 2 N–H and O–H groups in total. The van der Waals surface area contributed by atoms with Crippen LogP contribution in [0.1, 0.15) is 11.1 Å². The lowest BCUT2D eigenvalue weighted by molar-refractivity contribution is 0.172. The number of rotatable bonds is 6. The number of aliphatic imine (C=N–C) groups is 1. The van der Waals surface area contributed by atoms with E-state index >= 15 is 0 Å². The Balaban J connectivity index is 1.76. The Hall–Kier alpha value is -2.15. The fourth-order valence-electron chi connectivity index (χ4n) is 2.80. The van der Waals surface area contributed by atoms with E-state index in [1.165, 1.54) is 5.56 Å². The second-order valence-corrected chi connectivity index (χ2v) is 8.05. The van der Waals surface area contributed by atoms with Gasteiger partial charge in [0.1, 0.15) is 0 Å². The molecule has 1 heterocycles. The lowest BCUT2D eigenvalue weighted by Gasteiger charge is -2.36. The number of piperazine rings is 1. The minimum atomic E-state index is -3.16. The molecule has 0 bridgehead atoms. The van der Waals surface area contributed by atoms with Crippen LogP contribution in [-0.2, 0) is 16.6 Å². The van der Waals surface area contributed by atoms with E-state index in [2.05, 4.69) is 30.9 Å². The Morgan fingerprint density at radius 2 is 1.85 bits per heavy atom. The number of guanidine groups is 1. The van der Waals surface area contributed by atoms with Crippen LogP contribution in [0.5, 0.6) is 0 Å². The number of nitriles is 1. The third-order valence-electron chi connectivity index (χ3n) is 4.15. The number of sulfonamides is 1. The van der Waals surface area contributed by atoms with Gasteiger partial charge in [0.15, 0.2) is 5.96 Å². The van der Waals surface area contributed by atoms with Crippen molar-refractivity contribution in [2.75, 3.05) is 52.6 Å². The third kappa shape index (κ3) is 6.63. The zero-order valence-electron chi connectivity index (χ0n) is 15.3. The summed E-state index contributed by atoms with van der Waals surface area (Å²) in [6.45, 7) is 5.24. The van der Waals surface area contributed by atoms with Gasteiger partial charge in [0, 0.05) is 52.9 Å². The Morgan fingerprint density at radius 1 is 1.19 bits per heavy atom. The first kappa shape index (κ1) is 20.2. The third-order valence-corrected chi connectivity index (χ3v) is 4.87. The summed E-state index contributed by atoms with van der Waals surface area (Å²) in [4.78, 5) is 8.83. The van der Waals surface area contributed by atoms with Crippen LogP contribution in [0.4, 0.5) is 0 Å². The molecular formula is C17H26N6O2S. The number of benzene rings is 1. The fourth-order valence-corrected chi connectivity index (χ4v) is 3.28. The van der Waals surface area contributed by atoms with Crippen molar-refractivity contribution in [3.8, 4) is 6.07 Å². The molecule has 1 saturated heterocycles. The molecule has 9 heteroatoms.